The standard InChI is InChI=1S/C30H45FN8O3/c1-23-5-7-24(8-6-23)36-15-17-37(18-16-36)26-25(31)27(38-19-21-41-22-20-38)34-28(33-26)39-13-11-35(12-14-39)10-9-32-29(40)42-30(2,3)4/h5-8H,9-22H2,1-4H3,(H,32,40). The van der Waals surface area contributed by atoms with E-state index in [4.69, 9.17) is 19.4 Å². The van der Waals surface area contributed by atoms with Crippen LogP contribution in [-0.4, -0.2) is 118 Å². The highest BCUT2D eigenvalue weighted by atomic mass is 19.1. The third-order valence-electron chi connectivity index (χ3n) is 7.84. The Morgan fingerprint density at radius 3 is 2.00 bits per heavy atom. The number of morpholine rings is 1. The average molecular weight is 585 g/mol. The van der Waals surface area contributed by atoms with Crippen LogP contribution in [0.4, 0.5) is 32.5 Å². The first-order chi connectivity index (χ1) is 20.2. The molecule has 230 valence electrons. The first-order valence-corrected chi connectivity index (χ1v) is 15.1. The molecule has 1 aromatic carbocycles. The summed E-state index contributed by atoms with van der Waals surface area (Å²) in [4.78, 5) is 32.4. The van der Waals surface area contributed by atoms with Gasteiger partial charge in [0, 0.05) is 84.2 Å². The van der Waals surface area contributed by atoms with E-state index in [1.165, 1.54) is 11.3 Å². The number of carbonyl (C=O) groups excluding carboxylic acids is 1. The van der Waals surface area contributed by atoms with Gasteiger partial charge in [0.15, 0.2) is 11.6 Å². The fourth-order valence-corrected chi connectivity index (χ4v) is 5.48. The molecular formula is C30H45FN8O3. The Hall–Kier alpha value is -3.38. The molecule has 12 heteroatoms. The van der Waals surface area contributed by atoms with Gasteiger partial charge in [-0.2, -0.15) is 14.4 Å². The number of alkyl carbamates (subject to hydrolysis) is 1. The summed E-state index contributed by atoms with van der Waals surface area (Å²) in [5.74, 6) is 0.967. The molecule has 3 aliphatic heterocycles. The largest absolute Gasteiger partial charge is 0.444 e. The molecule has 1 N–H and O–H groups in total. The predicted octanol–water partition coefficient (Wildman–Crippen LogP) is 2.73. The van der Waals surface area contributed by atoms with Crippen molar-refractivity contribution in [3.8, 4) is 0 Å². The molecule has 0 bridgehead atoms. The number of halogens is 1. The third kappa shape index (κ3) is 7.71. The lowest BCUT2D eigenvalue weighted by atomic mass is 10.2. The van der Waals surface area contributed by atoms with Crippen LogP contribution in [0.2, 0.25) is 0 Å². The fourth-order valence-electron chi connectivity index (χ4n) is 5.48. The van der Waals surface area contributed by atoms with Crippen LogP contribution >= 0.6 is 0 Å². The summed E-state index contributed by atoms with van der Waals surface area (Å²) < 4.78 is 26.9. The lowest BCUT2D eigenvalue weighted by Gasteiger charge is -2.39. The minimum atomic E-state index is -0.515. The second-order valence-electron chi connectivity index (χ2n) is 12.2. The van der Waals surface area contributed by atoms with E-state index in [1.54, 1.807) is 0 Å². The molecule has 3 saturated heterocycles. The molecule has 4 heterocycles. The van der Waals surface area contributed by atoms with Crippen LogP contribution in [0.1, 0.15) is 26.3 Å². The number of nitrogens with zero attached hydrogens (tertiary/aromatic N) is 7. The van der Waals surface area contributed by atoms with Gasteiger partial charge in [-0.1, -0.05) is 17.7 Å². The van der Waals surface area contributed by atoms with Gasteiger partial charge >= 0.3 is 6.09 Å². The number of amides is 1. The van der Waals surface area contributed by atoms with Crippen molar-refractivity contribution in [2.45, 2.75) is 33.3 Å². The number of aromatic nitrogens is 2. The Bertz CT molecular complexity index is 1190. The number of nitrogens with one attached hydrogen (secondary N) is 1. The van der Waals surface area contributed by atoms with Crippen molar-refractivity contribution in [1.29, 1.82) is 0 Å². The van der Waals surface area contributed by atoms with Gasteiger partial charge in [0.05, 0.1) is 13.2 Å². The third-order valence-corrected chi connectivity index (χ3v) is 7.84. The van der Waals surface area contributed by atoms with Crippen molar-refractivity contribution >= 4 is 29.4 Å². The molecule has 5 rings (SSSR count). The van der Waals surface area contributed by atoms with Crippen molar-refractivity contribution in [3.63, 3.8) is 0 Å². The van der Waals surface area contributed by atoms with Crippen LogP contribution in [0.3, 0.4) is 0 Å². The molecule has 0 saturated carbocycles. The van der Waals surface area contributed by atoms with E-state index >= 15 is 4.39 Å². The molecule has 0 unspecified atom stereocenters. The summed E-state index contributed by atoms with van der Waals surface area (Å²) in [6, 6.07) is 8.56. The fraction of sp³-hybridized carbons (Fsp3) is 0.633. The molecule has 0 atom stereocenters. The summed E-state index contributed by atoms with van der Waals surface area (Å²) in [6.07, 6.45) is -0.399. The van der Waals surface area contributed by atoms with E-state index in [0.717, 1.165) is 45.8 Å². The van der Waals surface area contributed by atoms with Crippen molar-refractivity contribution < 1.29 is 18.7 Å². The number of rotatable bonds is 7. The lowest BCUT2D eigenvalue weighted by molar-refractivity contribution is 0.0521. The SMILES string of the molecule is Cc1ccc(N2CCN(c3nc(N4CCN(CCNC(=O)OC(C)(C)C)CC4)nc(N4CCOCC4)c3F)CC2)cc1. The smallest absolute Gasteiger partial charge is 0.407 e. The predicted molar refractivity (Wildman–Crippen MR) is 164 cm³/mol. The van der Waals surface area contributed by atoms with Gasteiger partial charge in [-0.25, -0.2) is 4.79 Å². The summed E-state index contributed by atoms with van der Waals surface area (Å²) >= 11 is 0. The average Bonchev–Trinajstić information content (AvgIpc) is 2.98. The zero-order valence-corrected chi connectivity index (χ0v) is 25.4. The number of ether oxygens (including phenoxy) is 2. The number of aryl methyl sites for hydroxylation is 1. The second kappa shape index (κ2) is 13.3. The maximum atomic E-state index is 16.1. The number of piperazine rings is 2. The van der Waals surface area contributed by atoms with Crippen molar-refractivity contribution in [3.05, 3.63) is 35.6 Å². The molecule has 42 heavy (non-hydrogen) atoms. The number of hydrogen-bond acceptors (Lipinski definition) is 10. The van der Waals surface area contributed by atoms with Gasteiger partial charge in [-0.05, 0) is 39.8 Å². The Balaban J connectivity index is 1.24. The quantitative estimate of drug-likeness (QED) is 0.524. The second-order valence-corrected chi connectivity index (χ2v) is 12.2. The molecule has 3 fully saturated rings. The van der Waals surface area contributed by atoms with Crippen molar-refractivity contribution in [2.24, 2.45) is 0 Å². The first kappa shape index (κ1) is 30.1. The Labute approximate surface area is 248 Å². The van der Waals surface area contributed by atoms with E-state index in [-0.39, 0.29) is 5.82 Å². The molecule has 0 aliphatic carbocycles. The number of anilines is 4. The highest BCUT2D eigenvalue weighted by Crippen LogP contribution is 2.30. The molecule has 11 nitrogen and oxygen atoms in total. The maximum Gasteiger partial charge on any atom is 0.407 e. The van der Waals surface area contributed by atoms with Gasteiger partial charge < -0.3 is 34.4 Å². The molecule has 0 spiro atoms. The van der Waals surface area contributed by atoms with Gasteiger partial charge in [-0.15, -0.1) is 0 Å². The summed E-state index contributed by atoms with van der Waals surface area (Å²) in [5.41, 5.74) is 1.91. The van der Waals surface area contributed by atoms with Crippen LogP contribution in [0.25, 0.3) is 0 Å². The number of carbonyl (C=O) groups is 1. The molecule has 3 aliphatic rings. The Morgan fingerprint density at radius 2 is 1.40 bits per heavy atom. The maximum absolute atomic E-state index is 16.1. The normalized spacial score (nSPS) is 18.8. The van der Waals surface area contributed by atoms with Crippen molar-refractivity contribution in [1.82, 2.24) is 20.2 Å². The number of benzene rings is 1. The number of hydrogen-bond donors (Lipinski definition) is 1. The summed E-state index contributed by atoms with van der Waals surface area (Å²) in [7, 11) is 0. The minimum absolute atomic E-state index is 0.351. The first-order valence-electron chi connectivity index (χ1n) is 15.1. The monoisotopic (exact) mass is 584 g/mol. The van der Waals surface area contributed by atoms with E-state index in [1.807, 2.05) is 25.7 Å². The van der Waals surface area contributed by atoms with Gasteiger partial charge in [0.2, 0.25) is 11.8 Å². The molecular weight excluding hydrogens is 539 g/mol. The van der Waals surface area contributed by atoms with E-state index in [0.29, 0.717) is 63.5 Å². The summed E-state index contributed by atoms with van der Waals surface area (Å²) in [5, 5.41) is 2.83. The minimum Gasteiger partial charge on any atom is -0.444 e. The van der Waals surface area contributed by atoms with E-state index in [9.17, 15) is 4.79 Å². The lowest BCUT2D eigenvalue weighted by Crippen LogP contribution is -2.50. The van der Waals surface area contributed by atoms with Gasteiger partial charge in [0.1, 0.15) is 5.60 Å². The zero-order valence-electron chi connectivity index (χ0n) is 25.4. The Morgan fingerprint density at radius 1 is 0.857 bits per heavy atom. The molecule has 1 amide bonds. The van der Waals surface area contributed by atoms with E-state index in [2.05, 4.69) is 56.1 Å². The highest BCUT2D eigenvalue weighted by molar-refractivity contribution is 5.67. The van der Waals surface area contributed by atoms with Crippen LogP contribution < -0.4 is 24.9 Å². The summed E-state index contributed by atoms with van der Waals surface area (Å²) in [6.45, 7) is 17.2. The van der Waals surface area contributed by atoms with Gasteiger partial charge in [0.25, 0.3) is 0 Å². The zero-order chi connectivity index (χ0) is 29.7. The van der Waals surface area contributed by atoms with Crippen LogP contribution in [0.15, 0.2) is 24.3 Å². The van der Waals surface area contributed by atoms with Crippen molar-refractivity contribution in [2.75, 3.05) is 111 Å². The van der Waals surface area contributed by atoms with Crippen LogP contribution in [-0.2, 0) is 9.47 Å². The molecule has 2 aromatic rings. The highest BCUT2D eigenvalue weighted by Gasteiger charge is 2.29. The topological polar surface area (TPSA) is 89.5 Å². The van der Waals surface area contributed by atoms with Crippen LogP contribution in [0, 0.1) is 12.7 Å². The van der Waals surface area contributed by atoms with E-state index < -0.39 is 11.7 Å². The van der Waals surface area contributed by atoms with Gasteiger partial charge in [-0.3, -0.25) is 4.90 Å². The Kier molecular flexibility index (Phi) is 9.52. The molecule has 0 radical (unpaired) electrons. The van der Waals surface area contributed by atoms with Crippen LogP contribution in [0.5, 0.6) is 0 Å². The molecule has 1 aromatic heterocycles.